The first-order chi connectivity index (χ1) is 14.5. The molecule has 0 radical (unpaired) electrons. The van der Waals surface area contributed by atoms with E-state index in [0.29, 0.717) is 16.5 Å². The van der Waals surface area contributed by atoms with Crippen molar-refractivity contribution in [1.29, 1.82) is 0 Å². The first-order valence-corrected chi connectivity index (χ1v) is 11.1. The number of hydrogen-bond donors (Lipinski definition) is 2. The highest BCUT2D eigenvalue weighted by molar-refractivity contribution is 9.10. The number of anilines is 2. The second-order valence-corrected chi connectivity index (χ2v) is 8.60. The predicted molar refractivity (Wildman–Crippen MR) is 128 cm³/mol. The van der Waals surface area contributed by atoms with Gasteiger partial charge in [0.15, 0.2) is 0 Å². The molecule has 0 aliphatic carbocycles. The first kappa shape index (κ1) is 22.3. The van der Waals surface area contributed by atoms with Crippen molar-refractivity contribution in [2.75, 3.05) is 12.4 Å². The molecule has 154 valence electrons. The zero-order valence-electron chi connectivity index (χ0n) is 16.1. The number of aliphatic carboxylic acids is 1. The number of ether oxygens (including phenoxy) is 1. The van der Waals surface area contributed by atoms with E-state index in [-0.39, 0.29) is 0 Å². The SMILES string of the molecule is COc1cc(Br)c(Cl)cc1Nc1ccc(SCc2ccccc2)cc1/C=C/C(=O)O. The van der Waals surface area contributed by atoms with Crippen LogP contribution in [0.1, 0.15) is 11.1 Å². The van der Waals surface area contributed by atoms with Gasteiger partial charge in [-0.05, 0) is 63.5 Å². The number of rotatable bonds is 8. The van der Waals surface area contributed by atoms with Gasteiger partial charge in [-0.2, -0.15) is 0 Å². The van der Waals surface area contributed by atoms with Gasteiger partial charge in [-0.1, -0.05) is 41.9 Å². The summed E-state index contributed by atoms with van der Waals surface area (Å²) < 4.78 is 6.16. The van der Waals surface area contributed by atoms with Crippen LogP contribution in [0.25, 0.3) is 6.08 Å². The standard InChI is InChI=1S/C23H19BrClNO3S/c1-29-22-12-18(24)19(25)13-21(22)26-20-9-8-17(11-16(20)7-10-23(27)28)30-14-15-5-3-2-4-6-15/h2-13,26H,14H2,1H3,(H,27,28)/b10-7+. The molecule has 3 aromatic carbocycles. The summed E-state index contributed by atoms with van der Waals surface area (Å²) in [5.74, 6) is 0.431. The summed E-state index contributed by atoms with van der Waals surface area (Å²) in [6.07, 6.45) is 2.70. The van der Waals surface area contributed by atoms with Gasteiger partial charge in [0.25, 0.3) is 0 Å². The molecular formula is C23H19BrClNO3S. The Kier molecular flexibility index (Phi) is 7.85. The minimum absolute atomic E-state index is 0.538. The van der Waals surface area contributed by atoms with Gasteiger partial charge in [0.1, 0.15) is 5.75 Å². The van der Waals surface area contributed by atoms with Gasteiger partial charge in [0, 0.05) is 26.9 Å². The average Bonchev–Trinajstić information content (AvgIpc) is 2.75. The molecule has 0 bridgehead atoms. The highest BCUT2D eigenvalue weighted by Crippen LogP contribution is 2.37. The Bertz CT molecular complexity index is 1070. The van der Waals surface area contributed by atoms with E-state index in [0.717, 1.165) is 32.4 Å². The second kappa shape index (κ2) is 10.6. The first-order valence-electron chi connectivity index (χ1n) is 8.98. The van der Waals surface area contributed by atoms with Gasteiger partial charge in [-0.3, -0.25) is 0 Å². The highest BCUT2D eigenvalue weighted by atomic mass is 79.9. The van der Waals surface area contributed by atoms with Crippen molar-refractivity contribution < 1.29 is 14.6 Å². The molecule has 0 aliphatic heterocycles. The fourth-order valence-corrected chi connectivity index (χ4v) is 4.11. The van der Waals surface area contributed by atoms with Crippen LogP contribution in [0.2, 0.25) is 5.02 Å². The van der Waals surface area contributed by atoms with Crippen LogP contribution in [0, 0.1) is 0 Å². The van der Waals surface area contributed by atoms with E-state index in [4.69, 9.17) is 21.4 Å². The summed E-state index contributed by atoms with van der Waals surface area (Å²) in [6, 6.07) is 19.6. The molecule has 0 saturated heterocycles. The average molecular weight is 505 g/mol. The summed E-state index contributed by atoms with van der Waals surface area (Å²) in [4.78, 5) is 12.1. The Balaban J connectivity index is 1.90. The van der Waals surface area contributed by atoms with Gasteiger partial charge >= 0.3 is 5.97 Å². The van der Waals surface area contributed by atoms with Crippen molar-refractivity contribution in [2.24, 2.45) is 0 Å². The van der Waals surface area contributed by atoms with Crippen LogP contribution in [0.5, 0.6) is 5.75 Å². The van der Waals surface area contributed by atoms with Crippen LogP contribution in [-0.2, 0) is 10.5 Å². The fourth-order valence-electron chi connectivity index (χ4n) is 2.72. The largest absolute Gasteiger partial charge is 0.495 e. The summed E-state index contributed by atoms with van der Waals surface area (Å²) in [5, 5.41) is 12.9. The molecule has 0 fully saturated rings. The van der Waals surface area contributed by atoms with Gasteiger partial charge < -0.3 is 15.2 Å². The third-order valence-corrected chi connectivity index (χ3v) is 6.45. The molecule has 3 aromatic rings. The number of hydrogen-bond acceptors (Lipinski definition) is 4. The number of carboxylic acids is 1. The maximum Gasteiger partial charge on any atom is 0.328 e. The molecule has 0 spiro atoms. The number of carboxylic acid groups (broad SMARTS) is 1. The van der Waals surface area contributed by atoms with Crippen molar-refractivity contribution in [1.82, 2.24) is 0 Å². The lowest BCUT2D eigenvalue weighted by atomic mass is 10.1. The molecule has 30 heavy (non-hydrogen) atoms. The summed E-state index contributed by atoms with van der Waals surface area (Å²) in [6.45, 7) is 0. The van der Waals surface area contributed by atoms with Gasteiger partial charge in [-0.15, -0.1) is 11.8 Å². The molecule has 4 nitrogen and oxygen atoms in total. The van der Waals surface area contributed by atoms with Crippen LogP contribution >= 0.6 is 39.3 Å². The molecule has 7 heteroatoms. The van der Waals surface area contributed by atoms with Crippen LogP contribution in [-0.4, -0.2) is 18.2 Å². The number of carbonyl (C=O) groups is 1. The monoisotopic (exact) mass is 503 g/mol. The molecule has 0 aromatic heterocycles. The van der Waals surface area contributed by atoms with Gasteiger partial charge in [0.05, 0.1) is 17.8 Å². The number of nitrogens with one attached hydrogen (secondary N) is 1. The predicted octanol–water partition coefficient (Wildman–Crippen LogP) is 7.24. The molecule has 0 saturated carbocycles. The molecule has 0 aliphatic rings. The van der Waals surface area contributed by atoms with Crippen molar-refractivity contribution in [2.45, 2.75) is 10.6 Å². The third-order valence-electron chi connectivity index (χ3n) is 4.19. The summed E-state index contributed by atoms with van der Waals surface area (Å²) in [7, 11) is 1.58. The van der Waals surface area contributed by atoms with E-state index in [1.807, 2.05) is 36.4 Å². The normalized spacial score (nSPS) is 10.9. The van der Waals surface area contributed by atoms with E-state index < -0.39 is 5.97 Å². The minimum atomic E-state index is -1.01. The Labute approximate surface area is 193 Å². The van der Waals surface area contributed by atoms with Crippen LogP contribution in [0.4, 0.5) is 11.4 Å². The molecule has 0 unspecified atom stereocenters. The number of methoxy groups -OCH3 is 1. The van der Waals surface area contributed by atoms with E-state index >= 15 is 0 Å². The molecule has 3 rings (SSSR count). The third kappa shape index (κ3) is 6.05. The fraction of sp³-hybridized carbons (Fsp3) is 0.0870. The van der Waals surface area contributed by atoms with Crippen molar-refractivity contribution in [3.63, 3.8) is 0 Å². The number of halogens is 2. The molecule has 0 amide bonds. The van der Waals surface area contributed by atoms with E-state index in [1.165, 1.54) is 5.56 Å². The Morgan fingerprint density at radius 2 is 1.93 bits per heavy atom. The zero-order valence-corrected chi connectivity index (χ0v) is 19.2. The smallest absolute Gasteiger partial charge is 0.328 e. The quantitative estimate of drug-likeness (QED) is 0.250. The van der Waals surface area contributed by atoms with Crippen LogP contribution in [0.3, 0.4) is 0 Å². The van der Waals surface area contributed by atoms with E-state index in [1.54, 1.807) is 37.1 Å². The maximum absolute atomic E-state index is 11.1. The lowest BCUT2D eigenvalue weighted by Gasteiger charge is -2.15. The summed E-state index contributed by atoms with van der Waals surface area (Å²) in [5.41, 5.74) is 3.40. The Morgan fingerprint density at radius 1 is 1.17 bits per heavy atom. The number of thioether (sulfide) groups is 1. The molecule has 0 atom stereocenters. The van der Waals surface area contributed by atoms with Crippen molar-refractivity contribution in [3.8, 4) is 5.75 Å². The van der Waals surface area contributed by atoms with Crippen LogP contribution < -0.4 is 10.1 Å². The minimum Gasteiger partial charge on any atom is -0.495 e. The van der Waals surface area contributed by atoms with Crippen LogP contribution in [0.15, 0.2) is 76.1 Å². The maximum atomic E-state index is 11.1. The van der Waals surface area contributed by atoms with Crippen molar-refractivity contribution >= 4 is 62.7 Å². The van der Waals surface area contributed by atoms with Gasteiger partial charge in [0.2, 0.25) is 0 Å². The van der Waals surface area contributed by atoms with Crippen molar-refractivity contribution in [3.05, 3.63) is 87.4 Å². The number of benzene rings is 3. The Morgan fingerprint density at radius 3 is 2.63 bits per heavy atom. The second-order valence-electron chi connectivity index (χ2n) is 6.29. The van der Waals surface area contributed by atoms with E-state index in [9.17, 15) is 4.79 Å². The topological polar surface area (TPSA) is 58.6 Å². The Hall–Kier alpha value is -2.41. The van der Waals surface area contributed by atoms with Gasteiger partial charge in [-0.25, -0.2) is 4.79 Å². The molecule has 2 N–H and O–H groups in total. The summed E-state index contributed by atoms with van der Waals surface area (Å²) >= 11 is 11.3. The molecular weight excluding hydrogens is 486 g/mol. The highest BCUT2D eigenvalue weighted by Gasteiger charge is 2.11. The zero-order chi connectivity index (χ0) is 21.5. The molecule has 0 heterocycles. The lowest BCUT2D eigenvalue weighted by molar-refractivity contribution is -0.131. The lowest BCUT2D eigenvalue weighted by Crippen LogP contribution is -1.98. The van der Waals surface area contributed by atoms with E-state index in [2.05, 4.69) is 33.4 Å².